The normalized spacial score (nSPS) is 41.5. The Balaban J connectivity index is 1.89. The number of hydrogen-bond donors (Lipinski definition) is 8. The van der Waals surface area contributed by atoms with Gasteiger partial charge in [-0.3, -0.25) is 14.4 Å². The van der Waals surface area contributed by atoms with E-state index < -0.39 is 104 Å². The van der Waals surface area contributed by atoms with Crippen LogP contribution in [-0.2, 0) is 33.3 Å². The molecule has 3 aliphatic rings. The Hall–Kier alpha value is -2.83. The average molecular weight is 754 g/mol. The molecule has 0 aromatic rings. The van der Waals surface area contributed by atoms with Crippen molar-refractivity contribution in [1.82, 2.24) is 0 Å². The second-order valence-corrected chi connectivity index (χ2v) is 14.2. The fourth-order valence-electron chi connectivity index (χ4n) is 6.90. The predicted molar refractivity (Wildman–Crippen MR) is 191 cm³/mol. The van der Waals surface area contributed by atoms with E-state index in [1.54, 1.807) is 49.5 Å². The van der Waals surface area contributed by atoms with Crippen LogP contribution in [0.4, 0.5) is 0 Å². The van der Waals surface area contributed by atoms with Gasteiger partial charge in [0.15, 0.2) is 12.1 Å². The lowest BCUT2D eigenvalue weighted by Gasteiger charge is -2.44. The Labute approximate surface area is 310 Å². The van der Waals surface area contributed by atoms with Gasteiger partial charge in [0, 0.05) is 38.5 Å². The standard InChI is InChI=1S/C38H59NO14/c1-3-13-25-16-10-8-6-5-7-9-11-17-26(52-37-34(45)33(39)30(44)22-50-37)19-31-32(35(46)47)29(43)21-38(49,53-31)20-24(41)15-12-14-23(40)18-28(42)27(4-2)36(48)51-25/h5-11,17,24-34,37,41-45,49H,3-4,12-16,18-22,39H2,1-2H3,(H,46,47)/b6-5+,9-7+,10-8+,17-11+/t24-,25?,26-,27?,28+,29-,30+,31-,32+,33-,34+,37-,38+/m0/s1. The molecule has 3 aliphatic heterocycles. The number of fused-ring (bicyclic) bond motifs is 2. The molecule has 53 heavy (non-hydrogen) atoms. The third-order valence-electron chi connectivity index (χ3n) is 9.82. The summed E-state index contributed by atoms with van der Waals surface area (Å²) in [7, 11) is 0. The Morgan fingerprint density at radius 3 is 2.36 bits per heavy atom. The first-order valence-electron chi connectivity index (χ1n) is 18.6. The molecule has 3 rings (SSSR count). The zero-order valence-electron chi connectivity index (χ0n) is 30.6. The van der Waals surface area contributed by atoms with Gasteiger partial charge in [-0.25, -0.2) is 0 Å². The van der Waals surface area contributed by atoms with Crippen LogP contribution in [-0.4, -0.2) is 127 Å². The Kier molecular flexibility index (Phi) is 18.4. The van der Waals surface area contributed by atoms with E-state index in [2.05, 4.69) is 0 Å². The topological polar surface area (TPSA) is 256 Å². The molecule has 3 heterocycles. The number of carbonyl (C=O) groups is 3. The number of nitrogens with two attached hydrogens (primary N) is 1. The summed E-state index contributed by atoms with van der Waals surface area (Å²) in [5.74, 6) is -6.79. The summed E-state index contributed by atoms with van der Waals surface area (Å²) < 4.78 is 23.1. The van der Waals surface area contributed by atoms with Crippen LogP contribution in [0.1, 0.15) is 84.5 Å². The number of aliphatic carboxylic acids is 1. The van der Waals surface area contributed by atoms with E-state index in [0.29, 0.717) is 12.8 Å². The van der Waals surface area contributed by atoms with Crippen LogP contribution in [0.15, 0.2) is 48.6 Å². The van der Waals surface area contributed by atoms with Crippen molar-refractivity contribution in [3.05, 3.63) is 48.6 Å². The zero-order chi connectivity index (χ0) is 39.1. The van der Waals surface area contributed by atoms with Crippen molar-refractivity contribution >= 4 is 17.7 Å². The summed E-state index contributed by atoms with van der Waals surface area (Å²) in [5, 5.41) is 74.6. The number of cyclic esters (lactones) is 1. The Morgan fingerprint density at radius 1 is 0.981 bits per heavy atom. The molecule has 15 heteroatoms. The van der Waals surface area contributed by atoms with Crippen molar-refractivity contribution in [3.63, 3.8) is 0 Å². The van der Waals surface area contributed by atoms with E-state index in [0.717, 1.165) is 6.42 Å². The number of rotatable bonds is 6. The van der Waals surface area contributed by atoms with Gasteiger partial charge in [0.25, 0.3) is 0 Å². The minimum Gasteiger partial charge on any atom is -0.481 e. The number of carboxylic acids is 1. The van der Waals surface area contributed by atoms with Crippen LogP contribution in [0.2, 0.25) is 0 Å². The van der Waals surface area contributed by atoms with Crippen molar-refractivity contribution in [2.24, 2.45) is 17.6 Å². The van der Waals surface area contributed by atoms with Crippen molar-refractivity contribution in [2.75, 3.05) is 6.61 Å². The lowest BCUT2D eigenvalue weighted by Crippen LogP contribution is -2.59. The van der Waals surface area contributed by atoms with Crippen molar-refractivity contribution in [3.8, 4) is 0 Å². The summed E-state index contributed by atoms with van der Waals surface area (Å²) in [6, 6.07) is -1.08. The van der Waals surface area contributed by atoms with Crippen LogP contribution in [0.5, 0.6) is 0 Å². The number of esters is 1. The minimum atomic E-state index is -2.15. The molecule has 300 valence electrons. The molecular formula is C38H59NO14. The Bertz CT molecular complexity index is 1290. The van der Waals surface area contributed by atoms with E-state index in [1.807, 2.05) is 13.0 Å². The molecule has 9 N–H and O–H groups in total. The molecule has 0 radical (unpaired) electrons. The highest BCUT2D eigenvalue weighted by atomic mass is 16.7. The lowest BCUT2D eigenvalue weighted by atomic mass is 9.83. The van der Waals surface area contributed by atoms with E-state index in [-0.39, 0.29) is 50.9 Å². The molecule has 0 aromatic carbocycles. The molecule has 13 atom stereocenters. The summed E-state index contributed by atoms with van der Waals surface area (Å²) in [6.07, 6.45) is 3.90. The number of aliphatic hydroxyl groups excluding tert-OH is 5. The minimum absolute atomic E-state index is 0.0163. The predicted octanol–water partition coefficient (Wildman–Crippen LogP) is 1.31. The highest BCUT2D eigenvalue weighted by molar-refractivity contribution is 5.80. The molecule has 0 aromatic heterocycles. The maximum Gasteiger partial charge on any atom is 0.311 e. The number of Topliss-reactive ketones (excluding diaryl/α,β-unsaturated/α-hetero) is 1. The van der Waals surface area contributed by atoms with Gasteiger partial charge in [-0.15, -0.1) is 0 Å². The number of ether oxygens (including phenoxy) is 4. The lowest BCUT2D eigenvalue weighted by molar-refractivity contribution is -0.305. The van der Waals surface area contributed by atoms with Crippen LogP contribution in [0.25, 0.3) is 0 Å². The molecule has 15 nitrogen and oxygen atoms in total. The highest BCUT2D eigenvalue weighted by Crippen LogP contribution is 2.38. The van der Waals surface area contributed by atoms with Gasteiger partial charge in [0.05, 0.1) is 55.2 Å². The summed E-state index contributed by atoms with van der Waals surface area (Å²) in [6.45, 7) is 3.49. The number of carbonyl (C=O) groups excluding carboxylic acids is 2. The molecule has 2 bridgehead atoms. The van der Waals surface area contributed by atoms with Crippen LogP contribution < -0.4 is 5.73 Å². The van der Waals surface area contributed by atoms with Crippen molar-refractivity contribution in [2.45, 2.75) is 151 Å². The molecule has 2 saturated heterocycles. The fourth-order valence-corrected chi connectivity index (χ4v) is 6.90. The molecule has 0 spiro atoms. The van der Waals surface area contributed by atoms with Crippen LogP contribution >= 0.6 is 0 Å². The second kappa shape index (κ2) is 21.9. The number of ketones is 1. The van der Waals surface area contributed by atoms with Gasteiger partial charge < -0.3 is 60.4 Å². The first kappa shape index (κ1) is 44.6. The number of carboxylic acid groups (broad SMARTS) is 1. The number of hydrogen-bond acceptors (Lipinski definition) is 14. The first-order valence-corrected chi connectivity index (χ1v) is 18.6. The van der Waals surface area contributed by atoms with Crippen molar-refractivity contribution < 1.29 is 69.1 Å². The van der Waals surface area contributed by atoms with Crippen LogP contribution in [0, 0.1) is 11.8 Å². The van der Waals surface area contributed by atoms with E-state index >= 15 is 0 Å². The summed E-state index contributed by atoms with van der Waals surface area (Å²) in [5.41, 5.74) is 5.91. The summed E-state index contributed by atoms with van der Waals surface area (Å²) >= 11 is 0. The van der Waals surface area contributed by atoms with Gasteiger partial charge in [-0.05, 0) is 25.7 Å². The highest BCUT2D eigenvalue weighted by Gasteiger charge is 2.50. The van der Waals surface area contributed by atoms with Gasteiger partial charge in [-0.1, -0.05) is 68.9 Å². The summed E-state index contributed by atoms with van der Waals surface area (Å²) in [4.78, 5) is 38.1. The maximum atomic E-state index is 13.0. The van der Waals surface area contributed by atoms with E-state index in [4.69, 9.17) is 24.7 Å². The third-order valence-corrected chi connectivity index (χ3v) is 9.82. The maximum absolute atomic E-state index is 13.0. The zero-order valence-corrected chi connectivity index (χ0v) is 30.6. The Morgan fingerprint density at radius 2 is 1.68 bits per heavy atom. The van der Waals surface area contributed by atoms with E-state index in [9.17, 15) is 50.1 Å². The monoisotopic (exact) mass is 753 g/mol. The van der Waals surface area contributed by atoms with Gasteiger partial charge in [0.1, 0.15) is 23.9 Å². The van der Waals surface area contributed by atoms with Gasteiger partial charge in [0.2, 0.25) is 0 Å². The van der Waals surface area contributed by atoms with E-state index in [1.165, 1.54) is 0 Å². The fraction of sp³-hybridized carbons (Fsp3) is 0.711. The molecule has 2 unspecified atom stereocenters. The van der Waals surface area contributed by atoms with Gasteiger partial charge in [-0.2, -0.15) is 0 Å². The number of aliphatic hydroxyl groups is 6. The largest absolute Gasteiger partial charge is 0.481 e. The van der Waals surface area contributed by atoms with Gasteiger partial charge >= 0.3 is 11.9 Å². The molecule has 2 fully saturated rings. The quantitative estimate of drug-likeness (QED) is 0.178. The molecule has 0 saturated carbocycles. The van der Waals surface area contributed by atoms with Crippen LogP contribution in [0.3, 0.4) is 0 Å². The average Bonchev–Trinajstić information content (AvgIpc) is 3.06. The molecule has 0 aliphatic carbocycles. The molecule has 0 amide bonds. The SMILES string of the molecule is CCCC1C/C=C/C=C/C=C/C=C/[C@H](O[C@@H]2OC[C@@H](O)[C@H](N)[C@H]2O)C[C@@H]2O[C@](O)(C[C@@H](O)CCCC(=O)C[C@@H](O)C(CC)C(=O)O1)C[C@H](O)[C@H]2C(=O)O. The second-order valence-electron chi connectivity index (χ2n) is 14.2. The third kappa shape index (κ3) is 14.1. The smallest absolute Gasteiger partial charge is 0.311 e. The first-order chi connectivity index (χ1) is 25.2. The van der Waals surface area contributed by atoms with Crippen molar-refractivity contribution in [1.29, 1.82) is 0 Å². The number of allylic oxidation sites excluding steroid dienone is 6. The molecular weight excluding hydrogens is 694 g/mol.